The molecule has 0 radical (unpaired) electrons. The Balaban J connectivity index is 1.79. The number of hydrogen-bond donors (Lipinski definition) is 1. The largest absolute Gasteiger partial charge is 0.398 e. The lowest BCUT2D eigenvalue weighted by Crippen LogP contribution is -2.29. The van der Waals surface area contributed by atoms with Crippen LogP contribution in [0.3, 0.4) is 0 Å². The molecule has 2 aromatic carbocycles. The molecule has 21 heavy (non-hydrogen) atoms. The summed E-state index contributed by atoms with van der Waals surface area (Å²) in [5.74, 6) is 0.315. The number of carbonyl (C=O) groups excluding carboxylic acids is 1. The van der Waals surface area contributed by atoms with E-state index in [-0.39, 0.29) is 5.91 Å². The van der Waals surface area contributed by atoms with Crippen molar-refractivity contribution >= 4 is 23.2 Å². The molecule has 0 spiro atoms. The van der Waals surface area contributed by atoms with Crippen molar-refractivity contribution in [1.82, 2.24) is 4.90 Å². The maximum Gasteiger partial charge on any atom is 0.257 e. The molecule has 0 aliphatic carbocycles. The molecule has 2 N–H and O–H groups in total. The summed E-state index contributed by atoms with van der Waals surface area (Å²) >= 11 is 6.13. The number of hydrogen-bond acceptors (Lipinski definition) is 2. The predicted octanol–water partition coefficient (Wildman–Crippen LogP) is 3.55. The van der Waals surface area contributed by atoms with Gasteiger partial charge in [-0.15, -0.1) is 0 Å². The van der Waals surface area contributed by atoms with Gasteiger partial charge in [0.1, 0.15) is 0 Å². The molecule has 1 fully saturated rings. The lowest BCUT2D eigenvalue weighted by atomic mass is 9.99. The Morgan fingerprint density at radius 3 is 2.62 bits per heavy atom. The fourth-order valence-corrected chi connectivity index (χ4v) is 3.13. The van der Waals surface area contributed by atoms with Gasteiger partial charge in [0.15, 0.2) is 0 Å². The number of halogens is 1. The van der Waals surface area contributed by atoms with E-state index in [2.05, 4.69) is 12.1 Å². The Hall–Kier alpha value is -2.00. The minimum atomic E-state index is -0.0727. The van der Waals surface area contributed by atoms with Gasteiger partial charge in [0.05, 0.1) is 10.6 Å². The van der Waals surface area contributed by atoms with Crippen molar-refractivity contribution in [3.8, 4) is 0 Å². The SMILES string of the molecule is Nc1cccc(Cl)c1C(=O)N1CCC(c2ccccc2)C1. The third-order valence-corrected chi connectivity index (χ3v) is 4.32. The van der Waals surface area contributed by atoms with Crippen LogP contribution in [0.15, 0.2) is 48.5 Å². The average Bonchev–Trinajstić information content (AvgIpc) is 2.97. The van der Waals surface area contributed by atoms with Crippen molar-refractivity contribution in [2.75, 3.05) is 18.8 Å². The molecule has 2 aromatic rings. The number of benzene rings is 2. The highest BCUT2D eigenvalue weighted by Crippen LogP contribution is 2.30. The quantitative estimate of drug-likeness (QED) is 0.862. The summed E-state index contributed by atoms with van der Waals surface area (Å²) in [7, 11) is 0. The number of nitrogens with two attached hydrogens (primary N) is 1. The second-order valence-electron chi connectivity index (χ2n) is 5.35. The first kappa shape index (κ1) is 14.0. The molecular formula is C17H17ClN2O. The van der Waals surface area contributed by atoms with Crippen LogP contribution < -0.4 is 5.73 Å². The standard InChI is InChI=1S/C17H17ClN2O/c18-14-7-4-8-15(19)16(14)17(21)20-10-9-13(11-20)12-5-2-1-3-6-12/h1-8,13H,9-11,19H2. The van der Waals surface area contributed by atoms with Crippen molar-refractivity contribution in [2.24, 2.45) is 0 Å². The van der Waals surface area contributed by atoms with Crippen LogP contribution in [0.2, 0.25) is 5.02 Å². The smallest absolute Gasteiger partial charge is 0.257 e. The summed E-state index contributed by atoms with van der Waals surface area (Å²) in [5.41, 5.74) is 8.05. The van der Waals surface area contributed by atoms with Gasteiger partial charge >= 0.3 is 0 Å². The van der Waals surface area contributed by atoms with Crippen LogP contribution in [0.1, 0.15) is 28.3 Å². The van der Waals surface area contributed by atoms with Gasteiger partial charge in [0.25, 0.3) is 5.91 Å². The summed E-state index contributed by atoms with van der Waals surface area (Å²) in [4.78, 5) is 14.5. The number of carbonyl (C=O) groups is 1. The van der Waals surface area contributed by atoms with Crippen molar-refractivity contribution in [2.45, 2.75) is 12.3 Å². The highest BCUT2D eigenvalue weighted by Gasteiger charge is 2.29. The van der Waals surface area contributed by atoms with Crippen molar-refractivity contribution in [1.29, 1.82) is 0 Å². The van der Waals surface area contributed by atoms with Crippen LogP contribution in [0.5, 0.6) is 0 Å². The summed E-state index contributed by atoms with van der Waals surface area (Å²) in [6, 6.07) is 15.5. The first-order chi connectivity index (χ1) is 10.2. The molecule has 1 aliphatic heterocycles. The fraction of sp³-hybridized carbons (Fsp3) is 0.235. The van der Waals surface area contributed by atoms with Gasteiger partial charge in [0.2, 0.25) is 0 Å². The van der Waals surface area contributed by atoms with Crippen molar-refractivity contribution in [3.63, 3.8) is 0 Å². The fourth-order valence-electron chi connectivity index (χ4n) is 2.87. The Morgan fingerprint density at radius 1 is 1.14 bits per heavy atom. The van der Waals surface area contributed by atoms with E-state index in [0.29, 0.717) is 28.7 Å². The van der Waals surface area contributed by atoms with Gasteiger partial charge in [0, 0.05) is 24.7 Å². The van der Waals surface area contributed by atoms with E-state index in [0.717, 1.165) is 13.0 Å². The second-order valence-corrected chi connectivity index (χ2v) is 5.76. The highest BCUT2D eigenvalue weighted by atomic mass is 35.5. The first-order valence-electron chi connectivity index (χ1n) is 7.05. The maximum atomic E-state index is 12.6. The molecule has 4 heteroatoms. The van der Waals surface area contributed by atoms with Crippen molar-refractivity contribution < 1.29 is 4.79 Å². The number of nitrogens with zero attached hydrogens (tertiary/aromatic N) is 1. The molecular weight excluding hydrogens is 284 g/mol. The number of likely N-dealkylation sites (tertiary alicyclic amines) is 1. The normalized spacial score (nSPS) is 18.0. The Bertz CT molecular complexity index is 637. The van der Waals surface area contributed by atoms with E-state index in [1.807, 2.05) is 23.1 Å². The summed E-state index contributed by atoms with van der Waals surface area (Å²) in [5, 5.41) is 0.420. The lowest BCUT2D eigenvalue weighted by molar-refractivity contribution is 0.0792. The molecule has 3 nitrogen and oxygen atoms in total. The maximum absolute atomic E-state index is 12.6. The van der Waals surface area contributed by atoms with E-state index < -0.39 is 0 Å². The summed E-state index contributed by atoms with van der Waals surface area (Å²) in [6.45, 7) is 1.45. The van der Waals surface area contributed by atoms with Crippen LogP contribution in [-0.2, 0) is 0 Å². The van der Waals surface area contributed by atoms with Gasteiger partial charge in [-0.05, 0) is 24.1 Å². The first-order valence-corrected chi connectivity index (χ1v) is 7.43. The van der Waals surface area contributed by atoms with E-state index >= 15 is 0 Å². The van der Waals surface area contributed by atoms with Gasteiger partial charge in [-0.3, -0.25) is 4.79 Å². The Labute approximate surface area is 129 Å². The number of rotatable bonds is 2. The zero-order valence-electron chi connectivity index (χ0n) is 11.6. The Kier molecular flexibility index (Phi) is 3.84. The molecule has 0 aromatic heterocycles. The molecule has 1 atom stereocenters. The molecule has 1 unspecified atom stereocenters. The summed E-state index contributed by atoms with van der Waals surface area (Å²) < 4.78 is 0. The Morgan fingerprint density at radius 2 is 1.90 bits per heavy atom. The van der Waals surface area contributed by atoms with Crippen LogP contribution in [0.25, 0.3) is 0 Å². The van der Waals surface area contributed by atoms with E-state index in [1.54, 1.807) is 18.2 Å². The molecule has 1 heterocycles. The monoisotopic (exact) mass is 300 g/mol. The van der Waals surface area contributed by atoms with Crippen LogP contribution in [0.4, 0.5) is 5.69 Å². The zero-order valence-corrected chi connectivity index (χ0v) is 12.4. The molecule has 0 saturated carbocycles. The third-order valence-electron chi connectivity index (χ3n) is 4.01. The highest BCUT2D eigenvalue weighted by molar-refractivity contribution is 6.34. The van der Waals surface area contributed by atoms with Gasteiger partial charge in [-0.25, -0.2) is 0 Å². The van der Waals surface area contributed by atoms with Crippen LogP contribution in [0, 0.1) is 0 Å². The molecule has 1 aliphatic rings. The predicted molar refractivity (Wildman–Crippen MR) is 85.6 cm³/mol. The number of amides is 1. The summed E-state index contributed by atoms with van der Waals surface area (Å²) in [6.07, 6.45) is 0.972. The van der Waals surface area contributed by atoms with Gasteiger partial charge in [-0.2, -0.15) is 0 Å². The molecule has 3 rings (SSSR count). The van der Waals surface area contributed by atoms with E-state index in [4.69, 9.17) is 17.3 Å². The lowest BCUT2D eigenvalue weighted by Gasteiger charge is -2.18. The van der Waals surface area contributed by atoms with E-state index in [9.17, 15) is 4.79 Å². The zero-order chi connectivity index (χ0) is 14.8. The van der Waals surface area contributed by atoms with Gasteiger partial charge in [-0.1, -0.05) is 48.0 Å². The van der Waals surface area contributed by atoms with E-state index in [1.165, 1.54) is 5.56 Å². The number of nitrogen functional groups attached to an aromatic ring is 1. The van der Waals surface area contributed by atoms with Crippen LogP contribution in [-0.4, -0.2) is 23.9 Å². The molecule has 0 bridgehead atoms. The third kappa shape index (κ3) is 2.74. The number of anilines is 1. The average molecular weight is 301 g/mol. The van der Waals surface area contributed by atoms with Crippen molar-refractivity contribution in [3.05, 3.63) is 64.7 Å². The molecule has 1 amide bonds. The minimum Gasteiger partial charge on any atom is -0.398 e. The molecule has 1 saturated heterocycles. The van der Waals surface area contributed by atoms with Crippen LogP contribution >= 0.6 is 11.6 Å². The topological polar surface area (TPSA) is 46.3 Å². The second kappa shape index (κ2) is 5.78. The van der Waals surface area contributed by atoms with Gasteiger partial charge < -0.3 is 10.6 Å². The molecule has 108 valence electrons. The minimum absolute atomic E-state index is 0.0727.